The molecule has 0 aromatic rings. The van der Waals surface area contributed by atoms with Gasteiger partial charge in [-0.3, -0.25) is 0 Å². The van der Waals surface area contributed by atoms with E-state index in [1.54, 1.807) is 0 Å². The van der Waals surface area contributed by atoms with E-state index in [4.69, 9.17) is 5.11 Å². The van der Waals surface area contributed by atoms with E-state index >= 15 is 0 Å². The van der Waals surface area contributed by atoms with E-state index in [9.17, 15) is 0 Å². The van der Waals surface area contributed by atoms with Crippen LogP contribution in [0.1, 0.15) is 27.2 Å². The molecule has 1 saturated carbocycles. The van der Waals surface area contributed by atoms with Crippen LogP contribution in [0.2, 0.25) is 0 Å². The van der Waals surface area contributed by atoms with Crippen molar-refractivity contribution >= 4 is 0 Å². The number of allylic oxidation sites excluding steroid dienone is 2. The highest BCUT2D eigenvalue weighted by atomic mass is 16.3. The summed E-state index contributed by atoms with van der Waals surface area (Å²) < 4.78 is 0. The fraction of sp³-hybridized carbons (Fsp3) is 0.778. The van der Waals surface area contributed by atoms with E-state index in [0.29, 0.717) is 12.5 Å². The van der Waals surface area contributed by atoms with Crippen LogP contribution in [0.15, 0.2) is 11.6 Å². The van der Waals surface area contributed by atoms with E-state index < -0.39 is 0 Å². The van der Waals surface area contributed by atoms with Gasteiger partial charge in [0.1, 0.15) is 0 Å². The molecule has 1 aliphatic carbocycles. The topological polar surface area (TPSA) is 20.2 Å². The molecular weight excluding hydrogens is 124 g/mol. The molecule has 1 atom stereocenters. The Kier molecular flexibility index (Phi) is 1.86. The molecule has 0 aliphatic heterocycles. The van der Waals surface area contributed by atoms with Gasteiger partial charge in [0.25, 0.3) is 0 Å². The van der Waals surface area contributed by atoms with Gasteiger partial charge in [-0.1, -0.05) is 25.5 Å². The van der Waals surface area contributed by atoms with Crippen molar-refractivity contribution in [2.45, 2.75) is 27.2 Å². The summed E-state index contributed by atoms with van der Waals surface area (Å²) in [6, 6.07) is 0. The van der Waals surface area contributed by atoms with Crippen molar-refractivity contribution in [2.24, 2.45) is 11.3 Å². The number of hydrogen-bond donors (Lipinski definition) is 1. The SMILES string of the molecule is CC=C1CC(CO)C1(C)C. The third kappa shape index (κ3) is 0.891. The van der Waals surface area contributed by atoms with Crippen LogP contribution in [0.4, 0.5) is 0 Å². The molecule has 0 aromatic heterocycles. The molecule has 1 nitrogen and oxygen atoms in total. The Morgan fingerprint density at radius 1 is 1.70 bits per heavy atom. The Labute approximate surface area is 62.8 Å². The maximum absolute atomic E-state index is 8.91. The fourth-order valence-electron chi connectivity index (χ4n) is 1.70. The normalized spacial score (nSPS) is 34.0. The van der Waals surface area contributed by atoms with Crippen LogP contribution in [-0.4, -0.2) is 11.7 Å². The van der Waals surface area contributed by atoms with Gasteiger partial charge in [-0.05, 0) is 24.7 Å². The predicted molar refractivity (Wildman–Crippen MR) is 42.7 cm³/mol. The molecule has 0 spiro atoms. The molecule has 0 bridgehead atoms. The molecule has 10 heavy (non-hydrogen) atoms. The summed E-state index contributed by atoms with van der Waals surface area (Å²) >= 11 is 0. The lowest BCUT2D eigenvalue weighted by atomic mass is 9.59. The summed E-state index contributed by atoms with van der Waals surface area (Å²) in [5.41, 5.74) is 1.76. The summed E-state index contributed by atoms with van der Waals surface area (Å²) in [6.07, 6.45) is 3.27. The Balaban J connectivity index is 2.64. The van der Waals surface area contributed by atoms with Crippen LogP contribution in [0.3, 0.4) is 0 Å². The third-order valence-electron chi connectivity index (χ3n) is 2.88. The van der Waals surface area contributed by atoms with Crippen LogP contribution >= 0.6 is 0 Å². The van der Waals surface area contributed by atoms with Crippen molar-refractivity contribution in [3.05, 3.63) is 11.6 Å². The first kappa shape index (κ1) is 7.80. The minimum absolute atomic E-state index is 0.267. The second-order valence-corrected chi connectivity index (χ2v) is 3.62. The molecule has 1 N–H and O–H groups in total. The smallest absolute Gasteiger partial charge is 0.0470 e. The highest BCUT2D eigenvalue weighted by Crippen LogP contribution is 2.50. The van der Waals surface area contributed by atoms with Gasteiger partial charge in [0.15, 0.2) is 0 Å². The first-order valence-corrected chi connectivity index (χ1v) is 3.89. The fourth-order valence-corrected chi connectivity index (χ4v) is 1.70. The number of aliphatic hydroxyl groups is 1. The zero-order chi connectivity index (χ0) is 7.78. The second kappa shape index (κ2) is 2.39. The predicted octanol–water partition coefficient (Wildman–Crippen LogP) is 1.97. The van der Waals surface area contributed by atoms with Crippen molar-refractivity contribution in [2.75, 3.05) is 6.61 Å². The maximum atomic E-state index is 8.91. The van der Waals surface area contributed by atoms with Gasteiger partial charge in [-0.15, -0.1) is 0 Å². The average molecular weight is 140 g/mol. The van der Waals surface area contributed by atoms with Crippen molar-refractivity contribution < 1.29 is 5.11 Å². The molecule has 1 heteroatoms. The van der Waals surface area contributed by atoms with Gasteiger partial charge in [-0.2, -0.15) is 0 Å². The van der Waals surface area contributed by atoms with E-state index in [0.717, 1.165) is 6.42 Å². The van der Waals surface area contributed by atoms with Crippen molar-refractivity contribution in [1.29, 1.82) is 0 Å². The first-order chi connectivity index (χ1) is 4.62. The highest BCUT2D eigenvalue weighted by molar-refractivity contribution is 5.23. The maximum Gasteiger partial charge on any atom is 0.0470 e. The summed E-state index contributed by atoms with van der Waals surface area (Å²) in [6.45, 7) is 6.81. The van der Waals surface area contributed by atoms with Crippen LogP contribution in [0.5, 0.6) is 0 Å². The van der Waals surface area contributed by atoms with Crippen molar-refractivity contribution in [3.63, 3.8) is 0 Å². The summed E-state index contributed by atoms with van der Waals surface area (Å²) in [4.78, 5) is 0. The van der Waals surface area contributed by atoms with Gasteiger partial charge >= 0.3 is 0 Å². The molecule has 58 valence electrons. The Morgan fingerprint density at radius 3 is 2.60 bits per heavy atom. The molecule has 0 amide bonds. The Morgan fingerprint density at radius 2 is 2.30 bits per heavy atom. The molecular formula is C9H16O. The van der Waals surface area contributed by atoms with E-state index in [1.807, 2.05) is 0 Å². The third-order valence-corrected chi connectivity index (χ3v) is 2.88. The van der Waals surface area contributed by atoms with E-state index in [2.05, 4.69) is 26.8 Å². The van der Waals surface area contributed by atoms with Crippen LogP contribution < -0.4 is 0 Å². The van der Waals surface area contributed by atoms with Gasteiger partial charge in [0.05, 0.1) is 0 Å². The van der Waals surface area contributed by atoms with Gasteiger partial charge in [0, 0.05) is 6.61 Å². The van der Waals surface area contributed by atoms with Crippen LogP contribution in [0.25, 0.3) is 0 Å². The lowest BCUT2D eigenvalue weighted by Crippen LogP contribution is -2.39. The lowest BCUT2D eigenvalue weighted by Gasteiger charge is -2.46. The Bertz CT molecular complexity index is 156. The van der Waals surface area contributed by atoms with Crippen molar-refractivity contribution in [3.8, 4) is 0 Å². The number of aliphatic hydroxyl groups excluding tert-OH is 1. The molecule has 0 aromatic carbocycles. The van der Waals surface area contributed by atoms with Gasteiger partial charge in [0.2, 0.25) is 0 Å². The summed E-state index contributed by atoms with van der Waals surface area (Å²) in [7, 11) is 0. The standard InChI is InChI=1S/C9H16O/c1-4-7-5-8(6-10)9(7,2)3/h4,8,10H,5-6H2,1-3H3. The minimum atomic E-state index is 0.267. The van der Waals surface area contributed by atoms with Gasteiger partial charge < -0.3 is 5.11 Å². The molecule has 0 heterocycles. The minimum Gasteiger partial charge on any atom is -0.396 e. The van der Waals surface area contributed by atoms with E-state index in [-0.39, 0.29) is 5.41 Å². The monoisotopic (exact) mass is 140 g/mol. The molecule has 1 rings (SSSR count). The molecule has 1 fully saturated rings. The van der Waals surface area contributed by atoms with Gasteiger partial charge in [-0.25, -0.2) is 0 Å². The molecule has 1 aliphatic rings. The summed E-state index contributed by atoms with van der Waals surface area (Å²) in [5, 5.41) is 8.91. The van der Waals surface area contributed by atoms with E-state index in [1.165, 1.54) is 5.57 Å². The zero-order valence-electron chi connectivity index (χ0n) is 7.02. The Hall–Kier alpha value is -0.300. The van der Waals surface area contributed by atoms with Crippen LogP contribution in [-0.2, 0) is 0 Å². The number of rotatable bonds is 1. The van der Waals surface area contributed by atoms with Crippen molar-refractivity contribution in [1.82, 2.24) is 0 Å². The molecule has 1 unspecified atom stereocenters. The quantitative estimate of drug-likeness (QED) is 0.552. The largest absolute Gasteiger partial charge is 0.396 e. The summed E-state index contributed by atoms with van der Waals surface area (Å²) in [5.74, 6) is 0.499. The molecule has 0 saturated heterocycles. The molecule has 0 radical (unpaired) electrons. The highest BCUT2D eigenvalue weighted by Gasteiger charge is 2.41. The number of hydrogen-bond acceptors (Lipinski definition) is 1. The lowest BCUT2D eigenvalue weighted by molar-refractivity contribution is 0.0846. The average Bonchev–Trinajstić information content (AvgIpc) is 1.88. The second-order valence-electron chi connectivity index (χ2n) is 3.62. The van der Waals surface area contributed by atoms with Crippen LogP contribution in [0, 0.1) is 11.3 Å². The zero-order valence-corrected chi connectivity index (χ0v) is 7.02. The first-order valence-electron chi connectivity index (χ1n) is 3.89.